The smallest absolute Gasteiger partial charge is 0.167 e. The highest BCUT2D eigenvalue weighted by Crippen LogP contribution is 2.32. The minimum Gasteiger partial charge on any atom is -0.493 e. The highest BCUT2D eigenvalue weighted by Gasteiger charge is 2.10. The van der Waals surface area contributed by atoms with Crippen LogP contribution in [0.4, 0.5) is 0 Å². The first kappa shape index (κ1) is 15.6. The Hall–Kier alpha value is -1.48. The molecular weight excluding hydrogens is 238 g/mol. The van der Waals surface area contributed by atoms with Gasteiger partial charge in [0.05, 0.1) is 14.2 Å². The van der Waals surface area contributed by atoms with Crippen LogP contribution in [0.2, 0.25) is 0 Å². The maximum absolute atomic E-state index is 5.46. The lowest BCUT2D eigenvalue weighted by atomic mass is 9.99. The van der Waals surface area contributed by atoms with Gasteiger partial charge in [-0.05, 0) is 18.5 Å². The first-order valence-electron chi connectivity index (χ1n) is 6.76. The number of ether oxygens (including phenoxy) is 2. The second kappa shape index (κ2) is 7.85. The van der Waals surface area contributed by atoms with Gasteiger partial charge in [-0.15, -0.1) is 0 Å². The molecule has 0 bridgehead atoms. The lowest BCUT2D eigenvalue weighted by molar-refractivity contribution is 0.354. The Labute approximate surface area is 116 Å². The Morgan fingerprint density at radius 3 is 2.53 bits per heavy atom. The number of hydrogen-bond donors (Lipinski definition) is 1. The molecule has 0 aliphatic carbocycles. The fourth-order valence-corrected chi connectivity index (χ4v) is 1.92. The molecule has 1 rings (SSSR count). The van der Waals surface area contributed by atoms with Crippen molar-refractivity contribution >= 4 is 6.08 Å². The molecule has 0 aliphatic rings. The van der Waals surface area contributed by atoms with Crippen LogP contribution in [-0.4, -0.2) is 27.3 Å². The summed E-state index contributed by atoms with van der Waals surface area (Å²) in [5.41, 5.74) is 2.41. The van der Waals surface area contributed by atoms with Gasteiger partial charge in [0, 0.05) is 12.1 Å². The molecule has 1 N–H and O–H groups in total. The average Bonchev–Trinajstić information content (AvgIpc) is 2.42. The molecule has 0 spiro atoms. The molecule has 0 amide bonds. The second-order valence-corrected chi connectivity index (χ2v) is 4.74. The van der Waals surface area contributed by atoms with Crippen LogP contribution < -0.4 is 14.8 Å². The molecule has 0 radical (unpaired) electrons. The predicted octanol–water partition coefficient (Wildman–Crippen LogP) is 3.35. The van der Waals surface area contributed by atoms with Gasteiger partial charge in [-0.25, -0.2) is 0 Å². The topological polar surface area (TPSA) is 30.5 Å². The molecule has 106 valence electrons. The van der Waals surface area contributed by atoms with Gasteiger partial charge < -0.3 is 14.8 Å². The normalized spacial score (nSPS) is 11.8. The summed E-state index contributed by atoms with van der Waals surface area (Å²) in [5, 5.41) is 3.38. The predicted molar refractivity (Wildman–Crippen MR) is 80.9 cm³/mol. The van der Waals surface area contributed by atoms with Gasteiger partial charge in [0.15, 0.2) is 11.5 Å². The summed E-state index contributed by atoms with van der Waals surface area (Å²) >= 11 is 0. The molecule has 0 aromatic heterocycles. The van der Waals surface area contributed by atoms with Crippen molar-refractivity contribution in [3.8, 4) is 11.5 Å². The average molecular weight is 263 g/mol. The number of rotatable bonds is 7. The van der Waals surface area contributed by atoms with E-state index in [2.05, 4.69) is 38.2 Å². The van der Waals surface area contributed by atoms with Crippen molar-refractivity contribution in [1.82, 2.24) is 5.32 Å². The highest BCUT2D eigenvalue weighted by molar-refractivity contribution is 5.64. The summed E-state index contributed by atoms with van der Waals surface area (Å²) in [4.78, 5) is 0. The summed E-state index contributed by atoms with van der Waals surface area (Å²) in [7, 11) is 3.34. The van der Waals surface area contributed by atoms with Crippen molar-refractivity contribution in [1.29, 1.82) is 0 Å². The molecule has 3 heteroatoms. The zero-order valence-electron chi connectivity index (χ0n) is 12.6. The van der Waals surface area contributed by atoms with Gasteiger partial charge in [0.1, 0.15) is 0 Å². The molecular formula is C16H25NO2. The molecule has 0 heterocycles. The second-order valence-electron chi connectivity index (χ2n) is 4.74. The SMILES string of the molecule is CCNCC(=Cc1cccc(OC)c1OC)C(C)C. The monoisotopic (exact) mass is 263 g/mol. The van der Waals surface area contributed by atoms with Gasteiger partial charge in [0.25, 0.3) is 0 Å². The maximum atomic E-state index is 5.46. The summed E-state index contributed by atoms with van der Waals surface area (Å²) in [5.74, 6) is 2.05. The summed E-state index contributed by atoms with van der Waals surface area (Å²) in [6.07, 6.45) is 2.19. The van der Waals surface area contributed by atoms with Gasteiger partial charge in [-0.2, -0.15) is 0 Å². The highest BCUT2D eigenvalue weighted by atomic mass is 16.5. The Morgan fingerprint density at radius 2 is 2.00 bits per heavy atom. The van der Waals surface area contributed by atoms with Gasteiger partial charge >= 0.3 is 0 Å². The largest absolute Gasteiger partial charge is 0.493 e. The minimum absolute atomic E-state index is 0.495. The van der Waals surface area contributed by atoms with E-state index < -0.39 is 0 Å². The maximum Gasteiger partial charge on any atom is 0.167 e. The molecule has 0 unspecified atom stereocenters. The van der Waals surface area contributed by atoms with E-state index in [0.717, 1.165) is 30.2 Å². The van der Waals surface area contributed by atoms with Crippen LogP contribution in [0.1, 0.15) is 26.3 Å². The zero-order valence-corrected chi connectivity index (χ0v) is 12.6. The Kier molecular flexibility index (Phi) is 6.43. The molecule has 0 saturated carbocycles. The summed E-state index contributed by atoms with van der Waals surface area (Å²) < 4.78 is 10.8. The molecule has 0 fully saturated rings. The molecule has 0 saturated heterocycles. The zero-order chi connectivity index (χ0) is 14.3. The van der Waals surface area contributed by atoms with E-state index in [1.165, 1.54) is 5.57 Å². The molecule has 3 nitrogen and oxygen atoms in total. The Morgan fingerprint density at radius 1 is 1.26 bits per heavy atom. The van der Waals surface area contributed by atoms with Crippen LogP contribution in [0.15, 0.2) is 23.8 Å². The Balaban J connectivity index is 3.12. The van der Waals surface area contributed by atoms with E-state index in [9.17, 15) is 0 Å². The fourth-order valence-electron chi connectivity index (χ4n) is 1.92. The Bertz CT molecular complexity index is 425. The number of likely N-dealkylation sites (N-methyl/N-ethyl adjacent to an activating group) is 1. The molecule has 19 heavy (non-hydrogen) atoms. The van der Waals surface area contributed by atoms with Gasteiger partial charge in [-0.3, -0.25) is 0 Å². The van der Waals surface area contributed by atoms with Crippen LogP contribution >= 0.6 is 0 Å². The van der Waals surface area contributed by atoms with Gasteiger partial charge in [0.2, 0.25) is 0 Å². The van der Waals surface area contributed by atoms with E-state index in [1.807, 2.05) is 12.1 Å². The number of hydrogen-bond acceptors (Lipinski definition) is 3. The van der Waals surface area contributed by atoms with E-state index in [0.29, 0.717) is 5.92 Å². The van der Waals surface area contributed by atoms with Crippen molar-refractivity contribution in [2.24, 2.45) is 5.92 Å². The van der Waals surface area contributed by atoms with Gasteiger partial charge in [-0.1, -0.05) is 44.6 Å². The quantitative estimate of drug-likeness (QED) is 0.818. The third-order valence-corrected chi connectivity index (χ3v) is 3.10. The van der Waals surface area contributed by atoms with E-state index in [1.54, 1.807) is 14.2 Å². The third kappa shape index (κ3) is 4.28. The van der Waals surface area contributed by atoms with Crippen LogP contribution in [0.3, 0.4) is 0 Å². The van der Waals surface area contributed by atoms with Crippen molar-refractivity contribution < 1.29 is 9.47 Å². The molecule has 1 aromatic rings. The number of methoxy groups -OCH3 is 2. The van der Waals surface area contributed by atoms with Crippen LogP contribution in [0.5, 0.6) is 11.5 Å². The van der Waals surface area contributed by atoms with Crippen LogP contribution in [0.25, 0.3) is 6.08 Å². The van der Waals surface area contributed by atoms with E-state index >= 15 is 0 Å². The lowest BCUT2D eigenvalue weighted by Crippen LogP contribution is -2.18. The third-order valence-electron chi connectivity index (χ3n) is 3.10. The van der Waals surface area contributed by atoms with Crippen molar-refractivity contribution in [2.75, 3.05) is 27.3 Å². The minimum atomic E-state index is 0.495. The molecule has 1 aromatic carbocycles. The first-order valence-corrected chi connectivity index (χ1v) is 6.76. The fraction of sp³-hybridized carbons (Fsp3) is 0.500. The molecule has 0 atom stereocenters. The number of para-hydroxylation sites is 1. The summed E-state index contributed by atoms with van der Waals surface area (Å²) in [6.45, 7) is 8.39. The standard InChI is InChI=1S/C16H25NO2/c1-6-17-11-14(12(2)3)10-13-8-7-9-15(18-4)16(13)19-5/h7-10,12,17H,6,11H2,1-5H3. The number of benzene rings is 1. The lowest BCUT2D eigenvalue weighted by Gasteiger charge is -2.15. The van der Waals surface area contributed by atoms with E-state index in [4.69, 9.17) is 9.47 Å². The molecule has 0 aliphatic heterocycles. The van der Waals surface area contributed by atoms with E-state index in [-0.39, 0.29) is 0 Å². The number of nitrogens with one attached hydrogen (secondary N) is 1. The van der Waals surface area contributed by atoms with Crippen molar-refractivity contribution in [3.05, 3.63) is 29.3 Å². The summed E-state index contributed by atoms with van der Waals surface area (Å²) in [6, 6.07) is 5.95. The first-order chi connectivity index (χ1) is 9.13. The van der Waals surface area contributed by atoms with Crippen molar-refractivity contribution in [3.63, 3.8) is 0 Å². The van der Waals surface area contributed by atoms with Crippen LogP contribution in [0, 0.1) is 5.92 Å². The van der Waals surface area contributed by atoms with Crippen LogP contribution in [-0.2, 0) is 0 Å². The van der Waals surface area contributed by atoms with Crippen molar-refractivity contribution in [2.45, 2.75) is 20.8 Å².